The van der Waals surface area contributed by atoms with E-state index in [0.29, 0.717) is 5.69 Å². The van der Waals surface area contributed by atoms with E-state index in [1.165, 1.54) is 0 Å². The van der Waals surface area contributed by atoms with E-state index in [0.717, 1.165) is 15.6 Å². The predicted octanol–water partition coefficient (Wildman–Crippen LogP) is 0.827. The maximum absolute atomic E-state index is 15.3. The van der Waals surface area contributed by atoms with Crippen molar-refractivity contribution in [2.24, 2.45) is 0 Å². The van der Waals surface area contributed by atoms with Crippen LogP contribution in [0.2, 0.25) is 0 Å². The molecule has 7 heteroatoms. The zero-order valence-electron chi connectivity index (χ0n) is 12.1. The second kappa shape index (κ2) is 6.67. The molecule has 19 heavy (non-hydrogen) atoms. The molecule has 0 bridgehead atoms. The first-order valence-electron chi connectivity index (χ1n) is 5.90. The van der Waals surface area contributed by atoms with E-state index in [9.17, 15) is 0 Å². The normalized spacial score (nSPS) is 27.4. The summed E-state index contributed by atoms with van der Waals surface area (Å²) in [6.07, 6.45) is 0. The SMILES string of the molecule is Cc1nc(I)c2n1[C-](C)C(I)N(C(C)C)C2(C)F.[K+]. The number of aromatic nitrogens is 2. The molecule has 0 saturated heterocycles. The Balaban J connectivity index is 0.00000180. The number of nitrogens with zero attached hydrogens (tertiary/aromatic N) is 3. The van der Waals surface area contributed by atoms with Gasteiger partial charge in [-0.1, -0.05) is 42.5 Å². The van der Waals surface area contributed by atoms with E-state index in [-0.39, 0.29) is 61.5 Å². The van der Waals surface area contributed by atoms with Gasteiger partial charge in [-0.15, -0.1) is 0 Å². The molecule has 1 aromatic heterocycles. The van der Waals surface area contributed by atoms with E-state index >= 15 is 4.39 Å². The maximum atomic E-state index is 15.3. The maximum Gasteiger partial charge on any atom is 1.00 e. The van der Waals surface area contributed by atoms with Gasteiger partial charge < -0.3 is 9.55 Å². The van der Waals surface area contributed by atoms with Gasteiger partial charge in [0.05, 0.1) is 7.75 Å². The monoisotopic (exact) mass is 515 g/mol. The van der Waals surface area contributed by atoms with Crippen molar-refractivity contribution < 1.29 is 55.8 Å². The van der Waals surface area contributed by atoms with Crippen molar-refractivity contribution in [2.45, 2.75) is 50.5 Å². The topological polar surface area (TPSA) is 21.1 Å². The number of aryl methyl sites for hydroxylation is 1. The molecule has 0 aromatic carbocycles. The molecule has 0 fully saturated rings. The predicted molar refractivity (Wildman–Crippen MR) is 87.2 cm³/mol. The number of alkyl halides is 2. The first-order valence-corrected chi connectivity index (χ1v) is 8.22. The van der Waals surface area contributed by atoms with Gasteiger partial charge in [0.2, 0.25) is 0 Å². The Morgan fingerprint density at radius 3 is 2.47 bits per heavy atom. The fourth-order valence-corrected chi connectivity index (χ4v) is 5.24. The van der Waals surface area contributed by atoms with Gasteiger partial charge in [-0.3, -0.25) is 4.90 Å². The number of hydrogen-bond acceptors (Lipinski definition) is 2. The van der Waals surface area contributed by atoms with Crippen LogP contribution in [0.3, 0.4) is 0 Å². The Bertz CT molecular complexity index is 476. The molecular weight excluding hydrogens is 498 g/mol. The van der Waals surface area contributed by atoms with Crippen LogP contribution in [-0.4, -0.2) is 24.5 Å². The summed E-state index contributed by atoms with van der Waals surface area (Å²) in [5, 5.41) is 0. The standard InChI is InChI=1S/C12H17FI2N3.K/c1-6(2)18-11(15)7(3)17-8(4)16-10(14)9(17)12(18,5)13;/h6,11H,1-5H3;/q-1;+1. The molecule has 2 rings (SSSR count). The third kappa shape index (κ3) is 3.09. The van der Waals surface area contributed by atoms with Crippen molar-refractivity contribution in [3.8, 4) is 0 Å². The largest absolute Gasteiger partial charge is 1.00 e. The van der Waals surface area contributed by atoms with E-state index in [1.54, 1.807) is 6.92 Å². The van der Waals surface area contributed by atoms with Gasteiger partial charge in [0, 0.05) is 11.9 Å². The van der Waals surface area contributed by atoms with E-state index in [1.807, 2.05) is 30.2 Å². The zero-order valence-corrected chi connectivity index (χ0v) is 19.6. The summed E-state index contributed by atoms with van der Waals surface area (Å²) in [5.41, 5.74) is 0.666. The van der Waals surface area contributed by atoms with Gasteiger partial charge >= 0.3 is 51.4 Å². The molecule has 1 aliphatic heterocycles. The second-order valence-electron chi connectivity index (χ2n) is 5.07. The fourth-order valence-electron chi connectivity index (χ4n) is 2.71. The quantitative estimate of drug-likeness (QED) is 0.182. The van der Waals surface area contributed by atoms with E-state index < -0.39 is 5.79 Å². The van der Waals surface area contributed by atoms with Gasteiger partial charge in [0.15, 0.2) is 5.79 Å². The van der Waals surface area contributed by atoms with E-state index in [4.69, 9.17) is 0 Å². The fraction of sp³-hybridized carbons (Fsp3) is 0.667. The van der Waals surface area contributed by atoms with Crippen LogP contribution < -0.4 is 51.4 Å². The molecule has 1 aromatic rings. The van der Waals surface area contributed by atoms with Gasteiger partial charge in [0.1, 0.15) is 0 Å². The van der Waals surface area contributed by atoms with Crippen molar-refractivity contribution in [2.75, 3.05) is 0 Å². The first kappa shape index (κ1) is 19.1. The van der Waals surface area contributed by atoms with Crippen LogP contribution in [0.15, 0.2) is 0 Å². The summed E-state index contributed by atoms with van der Waals surface area (Å²) in [6.45, 7) is 9.68. The number of imidazole rings is 1. The van der Waals surface area contributed by atoms with Crippen molar-refractivity contribution in [1.82, 2.24) is 14.5 Å². The van der Waals surface area contributed by atoms with Crippen molar-refractivity contribution in [3.05, 3.63) is 21.3 Å². The summed E-state index contributed by atoms with van der Waals surface area (Å²) in [6, 6.07) is 1.26. The van der Waals surface area contributed by atoms with Gasteiger partial charge in [-0.05, 0) is 49.1 Å². The van der Waals surface area contributed by atoms with Crippen LogP contribution in [0.25, 0.3) is 0 Å². The Kier molecular flexibility index (Phi) is 6.71. The Labute approximate surface area is 184 Å². The summed E-state index contributed by atoms with van der Waals surface area (Å²) >= 11 is 4.43. The molecule has 3 nitrogen and oxygen atoms in total. The minimum atomic E-state index is -1.49. The minimum Gasteiger partial charge on any atom is -0.461 e. The average molecular weight is 515 g/mol. The molecule has 1 aliphatic rings. The summed E-state index contributed by atoms with van der Waals surface area (Å²) in [7, 11) is 0. The Morgan fingerprint density at radius 2 is 2.00 bits per heavy atom. The third-order valence-corrected chi connectivity index (χ3v) is 5.67. The van der Waals surface area contributed by atoms with Crippen LogP contribution in [-0.2, 0) is 5.79 Å². The summed E-state index contributed by atoms with van der Waals surface area (Å²) in [5.74, 6) is -0.627. The van der Waals surface area contributed by atoms with Crippen LogP contribution in [0.5, 0.6) is 0 Å². The molecule has 0 amide bonds. The second-order valence-corrected chi connectivity index (χ2v) is 7.27. The van der Waals surface area contributed by atoms with Crippen LogP contribution in [0, 0.1) is 16.7 Å². The molecule has 2 atom stereocenters. The van der Waals surface area contributed by atoms with Crippen LogP contribution in [0.4, 0.5) is 4.39 Å². The molecular formula is C12H17FI2KN3. The molecule has 0 radical (unpaired) electrons. The molecule has 0 aliphatic carbocycles. The number of hydrogen-bond donors (Lipinski definition) is 0. The van der Waals surface area contributed by atoms with Gasteiger partial charge in [0.25, 0.3) is 0 Å². The molecule has 2 heterocycles. The van der Waals surface area contributed by atoms with Crippen molar-refractivity contribution in [3.63, 3.8) is 0 Å². The van der Waals surface area contributed by atoms with E-state index in [2.05, 4.69) is 57.1 Å². The number of fused-ring (bicyclic) bond motifs is 1. The molecule has 0 spiro atoms. The zero-order chi connectivity index (χ0) is 13.8. The van der Waals surface area contributed by atoms with Gasteiger partial charge in [-0.2, -0.15) is 0 Å². The molecule has 2 unspecified atom stereocenters. The smallest absolute Gasteiger partial charge is 0.461 e. The Hall–Kier alpha value is 2.07. The Morgan fingerprint density at radius 1 is 1.47 bits per heavy atom. The number of rotatable bonds is 1. The molecule has 0 N–H and O–H groups in total. The summed E-state index contributed by atoms with van der Waals surface area (Å²) in [4.78, 5) is 6.33. The van der Waals surface area contributed by atoms with Crippen LogP contribution >= 0.6 is 45.2 Å². The van der Waals surface area contributed by atoms with Crippen molar-refractivity contribution >= 4 is 45.2 Å². The molecule has 102 valence electrons. The number of halogens is 3. The molecule has 0 saturated carbocycles. The van der Waals surface area contributed by atoms with Gasteiger partial charge in [-0.25, -0.2) is 4.39 Å². The van der Waals surface area contributed by atoms with Crippen molar-refractivity contribution in [1.29, 1.82) is 0 Å². The van der Waals surface area contributed by atoms with Crippen LogP contribution in [0.1, 0.15) is 39.2 Å². The first-order chi connectivity index (χ1) is 8.19. The third-order valence-electron chi connectivity index (χ3n) is 3.42. The average Bonchev–Trinajstić information content (AvgIpc) is 2.50. The minimum absolute atomic E-state index is 0. The summed E-state index contributed by atoms with van der Waals surface area (Å²) < 4.78 is 18.1.